The van der Waals surface area contributed by atoms with E-state index >= 15 is 0 Å². The molecule has 19 heavy (non-hydrogen) atoms. The Bertz CT molecular complexity index is 414. The standard InChI is InChI=1S/C10H16N4O2S.2ClH/c1-7(15)12-10-13-8(6-17-10)9(16)14(3)5-4-11-2;;/h6,11H,4-5H2,1-3H3,(H,12,13,15);2*1H. The maximum absolute atomic E-state index is 11.9. The lowest BCUT2D eigenvalue weighted by molar-refractivity contribution is -0.114. The van der Waals surface area contributed by atoms with Gasteiger partial charge in [-0.15, -0.1) is 36.2 Å². The predicted molar refractivity (Wildman–Crippen MR) is 81.8 cm³/mol. The SMILES string of the molecule is CNCCN(C)C(=O)c1csc(NC(C)=O)n1.Cl.Cl. The molecule has 1 aromatic rings. The summed E-state index contributed by atoms with van der Waals surface area (Å²) in [6.45, 7) is 2.75. The molecule has 0 atom stereocenters. The molecular formula is C10H18Cl2N4O2S. The van der Waals surface area contributed by atoms with Gasteiger partial charge in [0, 0.05) is 32.4 Å². The van der Waals surface area contributed by atoms with E-state index < -0.39 is 0 Å². The number of aromatic nitrogens is 1. The number of carbonyl (C=O) groups excluding carboxylic acids is 2. The van der Waals surface area contributed by atoms with Crippen molar-refractivity contribution in [2.75, 3.05) is 32.5 Å². The van der Waals surface area contributed by atoms with E-state index in [9.17, 15) is 9.59 Å². The zero-order valence-electron chi connectivity index (χ0n) is 10.9. The van der Waals surface area contributed by atoms with E-state index in [-0.39, 0.29) is 36.6 Å². The summed E-state index contributed by atoms with van der Waals surface area (Å²) in [7, 11) is 3.55. The summed E-state index contributed by atoms with van der Waals surface area (Å²) in [6, 6.07) is 0. The summed E-state index contributed by atoms with van der Waals surface area (Å²) in [5, 5.41) is 7.60. The van der Waals surface area contributed by atoms with Crippen LogP contribution in [0.4, 0.5) is 5.13 Å². The number of likely N-dealkylation sites (N-methyl/N-ethyl adjacent to an activating group) is 2. The summed E-state index contributed by atoms with van der Waals surface area (Å²) in [5.41, 5.74) is 0.359. The summed E-state index contributed by atoms with van der Waals surface area (Å²) in [6.07, 6.45) is 0. The van der Waals surface area contributed by atoms with Crippen LogP contribution < -0.4 is 10.6 Å². The molecule has 0 saturated heterocycles. The van der Waals surface area contributed by atoms with Crippen molar-refractivity contribution in [2.45, 2.75) is 6.92 Å². The second-order valence-corrected chi connectivity index (χ2v) is 4.41. The molecule has 2 N–H and O–H groups in total. The van der Waals surface area contributed by atoms with Gasteiger partial charge in [0.05, 0.1) is 0 Å². The number of nitrogens with one attached hydrogen (secondary N) is 2. The van der Waals surface area contributed by atoms with Crippen LogP contribution in [0.15, 0.2) is 5.38 Å². The summed E-state index contributed by atoms with van der Waals surface area (Å²) in [4.78, 5) is 28.3. The molecule has 0 bridgehead atoms. The first-order valence-corrected chi connectivity index (χ1v) is 6.05. The number of halogens is 2. The average molecular weight is 329 g/mol. The van der Waals surface area contributed by atoms with Crippen molar-refractivity contribution in [2.24, 2.45) is 0 Å². The third kappa shape index (κ3) is 6.72. The highest BCUT2D eigenvalue weighted by Gasteiger charge is 2.15. The van der Waals surface area contributed by atoms with Crippen LogP contribution in [0.25, 0.3) is 0 Å². The molecule has 6 nitrogen and oxygen atoms in total. The lowest BCUT2D eigenvalue weighted by atomic mass is 10.4. The van der Waals surface area contributed by atoms with E-state index in [0.717, 1.165) is 6.54 Å². The molecule has 110 valence electrons. The summed E-state index contributed by atoms with van der Waals surface area (Å²) in [5.74, 6) is -0.338. The highest BCUT2D eigenvalue weighted by atomic mass is 35.5. The fourth-order valence-electron chi connectivity index (χ4n) is 1.16. The molecule has 0 spiro atoms. The van der Waals surface area contributed by atoms with E-state index in [1.54, 1.807) is 17.3 Å². The number of thiazole rings is 1. The van der Waals surface area contributed by atoms with Crippen LogP contribution in [0.5, 0.6) is 0 Å². The fourth-order valence-corrected chi connectivity index (χ4v) is 1.89. The van der Waals surface area contributed by atoms with Crippen molar-refractivity contribution < 1.29 is 9.59 Å². The van der Waals surface area contributed by atoms with E-state index in [1.807, 2.05) is 7.05 Å². The number of carbonyl (C=O) groups is 2. The monoisotopic (exact) mass is 328 g/mol. The molecule has 2 amide bonds. The number of hydrogen-bond donors (Lipinski definition) is 2. The van der Waals surface area contributed by atoms with Crippen molar-refractivity contribution >= 4 is 53.1 Å². The summed E-state index contributed by atoms with van der Waals surface area (Å²) >= 11 is 1.24. The maximum atomic E-state index is 11.9. The van der Waals surface area contributed by atoms with Gasteiger partial charge in [0.2, 0.25) is 5.91 Å². The minimum atomic E-state index is -0.193. The minimum Gasteiger partial charge on any atom is -0.339 e. The van der Waals surface area contributed by atoms with Crippen molar-refractivity contribution in [3.8, 4) is 0 Å². The van der Waals surface area contributed by atoms with Crippen LogP contribution in [0.2, 0.25) is 0 Å². The van der Waals surface area contributed by atoms with Gasteiger partial charge in [-0.25, -0.2) is 4.98 Å². The molecule has 1 aromatic heterocycles. The Morgan fingerprint density at radius 3 is 2.58 bits per heavy atom. The zero-order chi connectivity index (χ0) is 12.8. The highest BCUT2D eigenvalue weighted by molar-refractivity contribution is 7.14. The molecule has 0 aliphatic rings. The quantitative estimate of drug-likeness (QED) is 0.852. The van der Waals surface area contributed by atoms with Gasteiger partial charge >= 0.3 is 0 Å². The van der Waals surface area contributed by atoms with E-state index in [4.69, 9.17) is 0 Å². The molecule has 0 unspecified atom stereocenters. The largest absolute Gasteiger partial charge is 0.339 e. The minimum absolute atomic E-state index is 0. The number of amides is 2. The molecule has 0 radical (unpaired) electrons. The van der Waals surface area contributed by atoms with Crippen molar-refractivity contribution in [1.82, 2.24) is 15.2 Å². The highest BCUT2D eigenvalue weighted by Crippen LogP contribution is 2.16. The Morgan fingerprint density at radius 1 is 1.42 bits per heavy atom. The fraction of sp³-hybridized carbons (Fsp3) is 0.500. The molecule has 0 aliphatic carbocycles. The normalized spacial score (nSPS) is 9.00. The molecule has 0 saturated carbocycles. The summed E-state index contributed by atoms with van der Waals surface area (Å²) < 4.78 is 0. The van der Waals surface area contributed by atoms with Crippen LogP contribution in [0.1, 0.15) is 17.4 Å². The van der Waals surface area contributed by atoms with Crippen molar-refractivity contribution in [3.05, 3.63) is 11.1 Å². The second-order valence-electron chi connectivity index (χ2n) is 3.55. The van der Waals surface area contributed by atoms with Crippen LogP contribution in [0, 0.1) is 0 Å². The van der Waals surface area contributed by atoms with Gasteiger partial charge in [-0.3, -0.25) is 9.59 Å². The van der Waals surface area contributed by atoms with Gasteiger partial charge in [-0.05, 0) is 7.05 Å². The topological polar surface area (TPSA) is 74.3 Å². The van der Waals surface area contributed by atoms with E-state index in [1.165, 1.54) is 18.3 Å². The third-order valence-corrected chi connectivity index (χ3v) is 2.81. The Kier molecular flexibility index (Phi) is 10.7. The maximum Gasteiger partial charge on any atom is 0.273 e. The van der Waals surface area contributed by atoms with Crippen molar-refractivity contribution in [3.63, 3.8) is 0 Å². The predicted octanol–water partition coefficient (Wildman–Crippen LogP) is 1.24. The van der Waals surface area contributed by atoms with Gasteiger partial charge in [0.15, 0.2) is 5.13 Å². The second kappa shape index (κ2) is 9.96. The molecule has 0 aliphatic heterocycles. The Morgan fingerprint density at radius 2 is 2.05 bits per heavy atom. The number of hydrogen-bond acceptors (Lipinski definition) is 5. The smallest absolute Gasteiger partial charge is 0.273 e. The number of nitrogens with zero attached hydrogens (tertiary/aromatic N) is 2. The Hall–Kier alpha value is -0.890. The van der Waals surface area contributed by atoms with Gasteiger partial charge in [0.25, 0.3) is 5.91 Å². The van der Waals surface area contributed by atoms with Crippen molar-refractivity contribution in [1.29, 1.82) is 0 Å². The molecule has 9 heteroatoms. The van der Waals surface area contributed by atoms with E-state index in [0.29, 0.717) is 17.4 Å². The molecule has 1 rings (SSSR count). The van der Waals surface area contributed by atoms with E-state index in [2.05, 4.69) is 15.6 Å². The first-order valence-electron chi connectivity index (χ1n) is 5.17. The average Bonchev–Trinajstić information content (AvgIpc) is 2.72. The third-order valence-electron chi connectivity index (χ3n) is 2.05. The molecule has 1 heterocycles. The van der Waals surface area contributed by atoms with Crippen LogP contribution in [-0.2, 0) is 4.79 Å². The molecular weight excluding hydrogens is 311 g/mol. The van der Waals surface area contributed by atoms with Crippen LogP contribution in [-0.4, -0.2) is 48.9 Å². The first kappa shape index (κ1) is 20.4. The lowest BCUT2D eigenvalue weighted by Crippen LogP contribution is -2.32. The Labute approximate surface area is 128 Å². The zero-order valence-corrected chi connectivity index (χ0v) is 13.4. The van der Waals surface area contributed by atoms with Gasteiger partial charge < -0.3 is 15.5 Å². The lowest BCUT2D eigenvalue weighted by Gasteiger charge is -2.15. The van der Waals surface area contributed by atoms with Crippen LogP contribution in [0.3, 0.4) is 0 Å². The Balaban J connectivity index is 0. The number of anilines is 1. The van der Waals surface area contributed by atoms with Crippen LogP contribution >= 0.6 is 36.2 Å². The molecule has 0 aromatic carbocycles. The molecule has 0 fully saturated rings. The van der Waals surface area contributed by atoms with Gasteiger partial charge in [0.1, 0.15) is 5.69 Å². The first-order chi connectivity index (χ1) is 8.04. The van der Waals surface area contributed by atoms with Gasteiger partial charge in [-0.1, -0.05) is 0 Å². The number of rotatable bonds is 5. The van der Waals surface area contributed by atoms with Gasteiger partial charge in [-0.2, -0.15) is 0 Å².